The van der Waals surface area contributed by atoms with Crippen LogP contribution < -0.4 is 0 Å². The zero-order valence-corrected chi connectivity index (χ0v) is 10.1. The molecule has 0 heterocycles. The Hall–Kier alpha value is 0.0200. The van der Waals surface area contributed by atoms with E-state index in [9.17, 15) is 4.79 Å². The van der Waals surface area contributed by atoms with E-state index in [1.807, 2.05) is 0 Å². The van der Waals surface area contributed by atoms with E-state index >= 15 is 0 Å². The molecule has 14 heavy (non-hydrogen) atoms. The number of hydrogen-bond donors (Lipinski definition) is 1. The van der Waals surface area contributed by atoms with Crippen molar-refractivity contribution in [3.63, 3.8) is 0 Å². The molecule has 0 amide bonds. The molecule has 0 spiro atoms. The molecule has 0 N–H and O–H groups in total. The second-order valence-electron chi connectivity index (χ2n) is 4.88. The maximum atomic E-state index is 11.5. The molecule has 0 saturated heterocycles. The Morgan fingerprint density at radius 1 is 1.29 bits per heavy atom. The first-order valence-corrected chi connectivity index (χ1v) is 6.42. The Bertz CT molecular complexity index is 183. The van der Waals surface area contributed by atoms with Crippen LogP contribution in [0, 0.1) is 5.41 Å². The predicted octanol–water partition coefficient (Wildman–Crippen LogP) is 3.63. The monoisotopic (exact) mass is 214 g/mol. The number of carbonyl (C=O) groups is 1. The van der Waals surface area contributed by atoms with Gasteiger partial charge in [-0.1, -0.05) is 19.8 Å². The summed E-state index contributed by atoms with van der Waals surface area (Å²) < 4.78 is 0. The van der Waals surface area contributed by atoms with Crippen molar-refractivity contribution >= 4 is 18.4 Å². The van der Waals surface area contributed by atoms with Gasteiger partial charge in [-0.3, -0.25) is 4.79 Å². The molecule has 82 valence electrons. The molecule has 2 heteroatoms. The van der Waals surface area contributed by atoms with Gasteiger partial charge in [-0.05, 0) is 36.9 Å². The summed E-state index contributed by atoms with van der Waals surface area (Å²) in [4.78, 5) is 11.5. The molecule has 0 unspecified atom stereocenters. The van der Waals surface area contributed by atoms with Gasteiger partial charge in [0.25, 0.3) is 0 Å². The van der Waals surface area contributed by atoms with Crippen molar-refractivity contribution in [2.24, 2.45) is 5.41 Å². The molecule has 0 bridgehead atoms. The minimum atomic E-state index is 0.437. The highest BCUT2D eigenvalue weighted by Crippen LogP contribution is 2.41. The third-order valence-electron chi connectivity index (χ3n) is 3.43. The summed E-state index contributed by atoms with van der Waals surface area (Å²) in [6.45, 7) is 2.34. The number of hydrogen-bond acceptors (Lipinski definition) is 2. The number of carbonyl (C=O) groups excluding carboxylic acids is 1. The van der Waals surface area contributed by atoms with Gasteiger partial charge in [0.15, 0.2) is 0 Å². The normalized spacial score (nSPS) is 19.9. The number of rotatable bonds is 6. The zero-order valence-electron chi connectivity index (χ0n) is 9.22. The minimum Gasteiger partial charge on any atom is -0.300 e. The average Bonchev–Trinajstić information content (AvgIpc) is 2.60. The summed E-state index contributed by atoms with van der Waals surface area (Å²) in [5, 5.41) is 0. The van der Waals surface area contributed by atoms with Crippen molar-refractivity contribution in [1.82, 2.24) is 0 Å². The van der Waals surface area contributed by atoms with Crippen LogP contribution in [0.1, 0.15) is 58.3 Å². The molecule has 1 nitrogen and oxygen atoms in total. The molecule has 1 aliphatic rings. The molecule has 1 saturated carbocycles. The topological polar surface area (TPSA) is 17.1 Å². The van der Waals surface area contributed by atoms with E-state index in [0.717, 1.165) is 31.4 Å². The summed E-state index contributed by atoms with van der Waals surface area (Å²) in [5.41, 5.74) is 0.483. The van der Waals surface area contributed by atoms with Gasteiger partial charge in [-0.15, -0.1) is 0 Å². The Balaban J connectivity index is 2.15. The van der Waals surface area contributed by atoms with Crippen LogP contribution in [0.3, 0.4) is 0 Å². The van der Waals surface area contributed by atoms with Crippen molar-refractivity contribution < 1.29 is 4.79 Å². The molecule has 1 rings (SSSR count). The predicted molar refractivity (Wildman–Crippen MR) is 63.9 cm³/mol. The molecular weight excluding hydrogens is 192 g/mol. The number of thiol groups is 1. The summed E-state index contributed by atoms with van der Waals surface area (Å²) in [7, 11) is 0. The lowest BCUT2D eigenvalue weighted by Gasteiger charge is -2.22. The molecule has 0 aliphatic heterocycles. The van der Waals surface area contributed by atoms with E-state index in [-0.39, 0.29) is 0 Å². The van der Waals surface area contributed by atoms with E-state index in [1.165, 1.54) is 25.7 Å². The maximum absolute atomic E-state index is 11.5. The average molecular weight is 214 g/mol. The molecule has 0 atom stereocenters. The molecule has 1 fully saturated rings. The van der Waals surface area contributed by atoms with Gasteiger partial charge in [0.05, 0.1) is 0 Å². The minimum absolute atomic E-state index is 0.437. The van der Waals surface area contributed by atoms with Crippen LogP contribution in [0.5, 0.6) is 0 Å². The summed E-state index contributed by atoms with van der Waals surface area (Å²) >= 11 is 4.11. The van der Waals surface area contributed by atoms with Gasteiger partial charge >= 0.3 is 0 Å². The Morgan fingerprint density at radius 2 is 1.93 bits per heavy atom. The van der Waals surface area contributed by atoms with E-state index in [2.05, 4.69) is 19.6 Å². The Kier molecular flexibility index (Phi) is 5.00. The standard InChI is InChI=1S/C12H22OS/c1-12(7-2-3-8-12)9-6-11(13)5-4-10-14/h14H,2-10H2,1H3. The first-order valence-electron chi connectivity index (χ1n) is 5.79. The van der Waals surface area contributed by atoms with E-state index in [0.29, 0.717) is 11.2 Å². The van der Waals surface area contributed by atoms with Crippen LogP contribution in [0.25, 0.3) is 0 Å². The third kappa shape index (κ3) is 4.04. The fourth-order valence-corrected chi connectivity index (χ4v) is 2.48. The van der Waals surface area contributed by atoms with Crippen LogP contribution >= 0.6 is 12.6 Å². The van der Waals surface area contributed by atoms with Crippen LogP contribution in [-0.4, -0.2) is 11.5 Å². The molecule has 0 aromatic rings. The van der Waals surface area contributed by atoms with Gasteiger partial charge in [0.2, 0.25) is 0 Å². The summed E-state index contributed by atoms with van der Waals surface area (Å²) in [6.07, 6.45) is 8.96. The van der Waals surface area contributed by atoms with Crippen molar-refractivity contribution in [3.8, 4) is 0 Å². The molecule has 0 radical (unpaired) electrons. The SMILES string of the molecule is CC1(CCC(=O)CCCS)CCCC1. The fourth-order valence-electron chi connectivity index (χ4n) is 2.32. The van der Waals surface area contributed by atoms with Gasteiger partial charge < -0.3 is 0 Å². The lowest BCUT2D eigenvalue weighted by molar-refractivity contribution is -0.119. The van der Waals surface area contributed by atoms with Crippen LogP contribution in [-0.2, 0) is 4.79 Å². The van der Waals surface area contributed by atoms with Crippen LogP contribution in [0.4, 0.5) is 0 Å². The van der Waals surface area contributed by atoms with Crippen LogP contribution in [0.2, 0.25) is 0 Å². The fraction of sp³-hybridized carbons (Fsp3) is 0.917. The highest BCUT2D eigenvalue weighted by Gasteiger charge is 2.28. The number of Topliss-reactive ketones (excluding diaryl/α,β-unsaturated/α-hetero) is 1. The Morgan fingerprint density at radius 3 is 2.50 bits per heavy atom. The summed E-state index contributed by atoms with van der Waals surface area (Å²) in [5.74, 6) is 1.27. The van der Waals surface area contributed by atoms with Gasteiger partial charge in [0.1, 0.15) is 5.78 Å². The highest BCUT2D eigenvalue weighted by molar-refractivity contribution is 7.80. The second kappa shape index (κ2) is 5.79. The maximum Gasteiger partial charge on any atom is 0.132 e. The van der Waals surface area contributed by atoms with E-state index in [1.54, 1.807) is 0 Å². The first kappa shape index (κ1) is 12.1. The zero-order chi connectivity index (χ0) is 10.4. The number of ketones is 1. The van der Waals surface area contributed by atoms with Gasteiger partial charge in [-0.2, -0.15) is 12.6 Å². The van der Waals surface area contributed by atoms with Crippen molar-refractivity contribution in [1.29, 1.82) is 0 Å². The second-order valence-corrected chi connectivity index (χ2v) is 5.33. The van der Waals surface area contributed by atoms with Crippen molar-refractivity contribution in [2.45, 2.75) is 58.3 Å². The highest BCUT2D eigenvalue weighted by atomic mass is 32.1. The van der Waals surface area contributed by atoms with Crippen molar-refractivity contribution in [3.05, 3.63) is 0 Å². The molecule has 1 aliphatic carbocycles. The van der Waals surface area contributed by atoms with Gasteiger partial charge in [-0.25, -0.2) is 0 Å². The lowest BCUT2D eigenvalue weighted by Crippen LogP contribution is -2.13. The summed E-state index contributed by atoms with van der Waals surface area (Å²) in [6, 6.07) is 0. The van der Waals surface area contributed by atoms with E-state index in [4.69, 9.17) is 0 Å². The first-order chi connectivity index (χ1) is 6.66. The van der Waals surface area contributed by atoms with Crippen molar-refractivity contribution in [2.75, 3.05) is 5.75 Å². The molecule has 0 aromatic carbocycles. The largest absolute Gasteiger partial charge is 0.300 e. The lowest BCUT2D eigenvalue weighted by atomic mass is 9.83. The molecule has 0 aromatic heterocycles. The van der Waals surface area contributed by atoms with Crippen LogP contribution in [0.15, 0.2) is 0 Å². The smallest absolute Gasteiger partial charge is 0.132 e. The quantitative estimate of drug-likeness (QED) is 0.668. The molecular formula is C12H22OS. The van der Waals surface area contributed by atoms with Gasteiger partial charge in [0, 0.05) is 12.8 Å². The van der Waals surface area contributed by atoms with E-state index < -0.39 is 0 Å². The third-order valence-corrected chi connectivity index (χ3v) is 3.75. The Labute approximate surface area is 93.1 Å².